The third-order valence-corrected chi connectivity index (χ3v) is 4.30. The number of hydrogen-bond donors (Lipinski definition) is 1. The number of nitrogens with one attached hydrogen (secondary N) is 1. The number of halogens is 1. The second kappa shape index (κ2) is 7.33. The number of rotatable bonds is 7. The minimum atomic E-state index is 0.619. The molecule has 0 fully saturated rings. The maximum absolute atomic E-state index is 6.25. The number of benzene rings is 1. The highest BCUT2D eigenvalue weighted by Gasteiger charge is 2.21. The monoisotopic (exact) mass is 295 g/mol. The summed E-state index contributed by atoms with van der Waals surface area (Å²) >= 11 is 6.25. The van der Waals surface area contributed by atoms with Gasteiger partial charge in [0.2, 0.25) is 0 Å². The van der Waals surface area contributed by atoms with Crippen LogP contribution in [0.25, 0.3) is 0 Å². The molecule has 112 valence electrons. The molecule has 0 spiro atoms. The van der Waals surface area contributed by atoms with E-state index < -0.39 is 0 Å². The molecule has 1 atom stereocenters. The molecule has 1 unspecified atom stereocenters. The van der Waals surface area contributed by atoms with Gasteiger partial charge in [-0.25, -0.2) is 0 Å². The largest absolute Gasteiger partial charge is 0.493 e. The summed E-state index contributed by atoms with van der Waals surface area (Å²) < 4.78 is 5.81. The Hall–Kier alpha value is -0.730. The van der Waals surface area contributed by atoms with Crippen molar-refractivity contribution in [3.63, 3.8) is 0 Å². The van der Waals surface area contributed by atoms with Crippen LogP contribution >= 0.6 is 11.6 Å². The first-order chi connectivity index (χ1) is 9.61. The molecule has 0 aromatic heterocycles. The minimum absolute atomic E-state index is 0.619. The average molecular weight is 296 g/mol. The van der Waals surface area contributed by atoms with Gasteiger partial charge in [0, 0.05) is 11.4 Å². The molecule has 1 aromatic rings. The average Bonchev–Trinajstić information content (AvgIpc) is 2.85. The maximum atomic E-state index is 6.25. The second-order valence-electron chi connectivity index (χ2n) is 6.06. The SMILES string of the molecule is CCCNCC(Cc1cc(Cl)cc2c1OCC2)C(C)C. The lowest BCUT2D eigenvalue weighted by Gasteiger charge is -2.22. The molecule has 0 radical (unpaired) electrons. The molecule has 1 aliphatic rings. The van der Waals surface area contributed by atoms with Crippen molar-refractivity contribution < 1.29 is 4.74 Å². The summed E-state index contributed by atoms with van der Waals surface area (Å²) in [5.74, 6) is 2.36. The van der Waals surface area contributed by atoms with Crippen LogP contribution in [0.3, 0.4) is 0 Å². The predicted molar refractivity (Wildman–Crippen MR) is 85.8 cm³/mol. The van der Waals surface area contributed by atoms with E-state index >= 15 is 0 Å². The normalized spacial score (nSPS) is 15.2. The molecular formula is C17H26ClNO. The third kappa shape index (κ3) is 3.89. The van der Waals surface area contributed by atoms with Crippen molar-refractivity contribution in [2.24, 2.45) is 11.8 Å². The topological polar surface area (TPSA) is 21.3 Å². The third-order valence-electron chi connectivity index (χ3n) is 4.08. The Balaban J connectivity index is 2.10. The molecule has 1 aromatic carbocycles. The summed E-state index contributed by atoms with van der Waals surface area (Å²) in [7, 11) is 0. The highest BCUT2D eigenvalue weighted by atomic mass is 35.5. The minimum Gasteiger partial charge on any atom is -0.493 e. The Morgan fingerprint density at radius 2 is 2.15 bits per heavy atom. The fourth-order valence-electron chi connectivity index (χ4n) is 2.79. The molecular weight excluding hydrogens is 270 g/mol. The van der Waals surface area contributed by atoms with E-state index in [0.29, 0.717) is 11.8 Å². The highest BCUT2D eigenvalue weighted by Crippen LogP contribution is 2.35. The lowest BCUT2D eigenvalue weighted by molar-refractivity contribution is 0.335. The lowest BCUT2D eigenvalue weighted by atomic mass is 9.88. The van der Waals surface area contributed by atoms with Crippen molar-refractivity contribution in [1.29, 1.82) is 0 Å². The summed E-state index contributed by atoms with van der Waals surface area (Å²) in [5, 5.41) is 4.39. The molecule has 2 nitrogen and oxygen atoms in total. The van der Waals surface area contributed by atoms with Crippen molar-refractivity contribution in [2.45, 2.75) is 40.0 Å². The molecule has 1 N–H and O–H groups in total. The van der Waals surface area contributed by atoms with Crippen LogP contribution < -0.4 is 10.1 Å². The predicted octanol–water partition coefficient (Wildman–Crippen LogP) is 4.09. The van der Waals surface area contributed by atoms with E-state index in [1.807, 2.05) is 6.07 Å². The molecule has 0 saturated heterocycles. The van der Waals surface area contributed by atoms with E-state index in [-0.39, 0.29) is 0 Å². The Labute approximate surface area is 127 Å². The first kappa shape index (κ1) is 15.7. The first-order valence-electron chi connectivity index (χ1n) is 7.76. The van der Waals surface area contributed by atoms with Gasteiger partial charge >= 0.3 is 0 Å². The van der Waals surface area contributed by atoms with Gasteiger partial charge in [0.15, 0.2) is 0 Å². The van der Waals surface area contributed by atoms with Crippen LogP contribution in [0.5, 0.6) is 5.75 Å². The zero-order chi connectivity index (χ0) is 14.5. The second-order valence-corrected chi connectivity index (χ2v) is 6.50. The molecule has 0 bridgehead atoms. The first-order valence-corrected chi connectivity index (χ1v) is 8.14. The van der Waals surface area contributed by atoms with Crippen LogP contribution in [0, 0.1) is 11.8 Å². The smallest absolute Gasteiger partial charge is 0.125 e. The molecule has 1 aliphatic heterocycles. The molecule has 0 saturated carbocycles. The Morgan fingerprint density at radius 3 is 2.85 bits per heavy atom. The van der Waals surface area contributed by atoms with Gasteiger partial charge in [0.25, 0.3) is 0 Å². The van der Waals surface area contributed by atoms with E-state index in [0.717, 1.165) is 43.3 Å². The fourth-order valence-corrected chi connectivity index (χ4v) is 3.05. The van der Waals surface area contributed by atoms with E-state index in [2.05, 4.69) is 32.2 Å². The molecule has 3 heteroatoms. The Kier molecular flexibility index (Phi) is 5.74. The van der Waals surface area contributed by atoms with Crippen LogP contribution in [0.1, 0.15) is 38.3 Å². The summed E-state index contributed by atoms with van der Waals surface area (Å²) in [6.07, 6.45) is 3.21. The van der Waals surface area contributed by atoms with E-state index in [1.54, 1.807) is 0 Å². The van der Waals surface area contributed by atoms with Crippen molar-refractivity contribution in [2.75, 3.05) is 19.7 Å². The number of hydrogen-bond acceptors (Lipinski definition) is 2. The highest BCUT2D eigenvalue weighted by molar-refractivity contribution is 6.30. The zero-order valence-corrected chi connectivity index (χ0v) is 13.6. The van der Waals surface area contributed by atoms with Gasteiger partial charge in [-0.2, -0.15) is 0 Å². The van der Waals surface area contributed by atoms with Crippen LogP contribution in [0.4, 0.5) is 0 Å². The Bertz CT molecular complexity index is 445. The summed E-state index contributed by atoms with van der Waals surface area (Å²) in [4.78, 5) is 0. The maximum Gasteiger partial charge on any atom is 0.125 e. The lowest BCUT2D eigenvalue weighted by Crippen LogP contribution is -2.28. The molecule has 0 amide bonds. The summed E-state index contributed by atoms with van der Waals surface area (Å²) in [6.45, 7) is 9.74. The fraction of sp³-hybridized carbons (Fsp3) is 0.647. The van der Waals surface area contributed by atoms with Crippen molar-refractivity contribution in [3.05, 3.63) is 28.3 Å². The van der Waals surface area contributed by atoms with E-state index in [4.69, 9.17) is 16.3 Å². The van der Waals surface area contributed by atoms with Crippen molar-refractivity contribution >= 4 is 11.6 Å². The molecule has 0 aliphatic carbocycles. The Morgan fingerprint density at radius 1 is 1.35 bits per heavy atom. The number of ether oxygens (including phenoxy) is 1. The summed E-state index contributed by atoms with van der Waals surface area (Å²) in [5.41, 5.74) is 2.55. The summed E-state index contributed by atoms with van der Waals surface area (Å²) in [6, 6.07) is 4.13. The van der Waals surface area contributed by atoms with Crippen LogP contribution in [0.2, 0.25) is 5.02 Å². The quantitative estimate of drug-likeness (QED) is 0.765. The van der Waals surface area contributed by atoms with Crippen molar-refractivity contribution in [3.8, 4) is 5.75 Å². The van der Waals surface area contributed by atoms with Gasteiger partial charge in [-0.05, 0) is 61.0 Å². The van der Waals surface area contributed by atoms with Crippen LogP contribution in [-0.4, -0.2) is 19.7 Å². The van der Waals surface area contributed by atoms with Gasteiger partial charge in [-0.1, -0.05) is 32.4 Å². The molecule has 20 heavy (non-hydrogen) atoms. The molecule has 1 heterocycles. The van der Waals surface area contributed by atoms with Crippen molar-refractivity contribution in [1.82, 2.24) is 5.32 Å². The standard InChI is InChI=1S/C17H26ClNO/c1-4-6-19-11-15(12(2)3)8-14-10-16(18)9-13-5-7-20-17(13)14/h9-10,12,15,19H,4-8,11H2,1-3H3. The van der Waals surface area contributed by atoms with Crippen LogP contribution in [-0.2, 0) is 12.8 Å². The van der Waals surface area contributed by atoms with Gasteiger partial charge in [0.05, 0.1) is 6.61 Å². The zero-order valence-electron chi connectivity index (χ0n) is 12.8. The van der Waals surface area contributed by atoms with E-state index in [9.17, 15) is 0 Å². The van der Waals surface area contributed by atoms with Crippen LogP contribution in [0.15, 0.2) is 12.1 Å². The van der Waals surface area contributed by atoms with Gasteiger partial charge in [-0.3, -0.25) is 0 Å². The molecule has 2 rings (SSSR count). The van der Waals surface area contributed by atoms with Gasteiger partial charge in [-0.15, -0.1) is 0 Å². The van der Waals surface area contributed by atoms with E-state index in [1.165, 1.54) is 17.5 Å². The number of fused-ring (bicyclic) bond motifs is 1. The van der Waals surface area contributed by atoms with Gasteiger partial charge < -0.3 is 10.1 Å². The van der Waals surface area contributed by atoms with Gasteiger partial charge in [0.1, 0.15) is 5.75 Å².